The molecule has 1 aliphatic carbocycles. The molecule has 5 rings (SSSR count). The number of para-hydroxylation sites is 2. The van der Waals surface area contributed by atoms with E-state index < -0.39 is 36.0 Å². The molecule has 2 atom stereocenters. The van der Waals surface area contributed by atoms with Gasteiger partial charge in [0.25, 0.3) is 0 Å². The van der Waals surface area contributed by atoms with Crippen LogP contribution in [-0.2, 0) is 22.4 Å². The minimum Gasteiger partial charge on any atom is -0.405 e. The van der Waals surface area contributed by atoms with E-state index in [9.17, 15) is 35.9 Å². The zero-order valence-corrected chi connectivity index (χ0v) is 25.2. The van der Waals surface area contributed by atoms with Crippen molar-refractivity contribution in [2.75, 3.05) is 10.6 Å². The lowest BCUT2D eigenvalue weighted by Crippen LogP contribution is -2.20. The molecule has 18 heteroatoms. The number of carbonyl (C=O) groups is 2. The van der Waals surface area contributed by atoms with Crippen molar-refractivity contribution in [2.45, 2.75) is 63.1 Å². The van der Waals surface area contributed by atoms with Crippen LogP contribution in [0.4, 0.5) is 36.6 Å². The first-order valence-electron chi connectivity index (χ1n) is 13.7. The lowest BCUT2D eigenvalue weighted by molar-refractivity contribution is -0.275. The Morgan fingerprint density at radius 3 is 1.52 bits per heavy atom. The highest BCUT2D eigenvalue weighted by molar-refractivity contribution is 7.15. The molecule has 0 aliphatic heterocycles. The van der Waals surface area contributed by atoms with Crippen LogP contribution in [0, 0.1) is 0 Å². The summed E-state index contributed by atoms with van der Waals surface area (Å²) in [7, 11) is 0. The first-order valence-corrected chi connectivity index (χ1v) is 15.4. The van der Waals surface area contributed by atoms with E-state index in [0.29, 0.717) is 16.4 Å². The van der Waals surface area contributed by atoms with Gasteiger partial charge in [0.15, 0.2) is 0 Å². The third kappa shape index (κ3) is 9.35. The van der Waals surface area contributed by atoms with Gasteiger partial charge in [0.1, 0.15) is 21.5 Å². The predicted molar refractivity (Wildman–Crippen MR) is 155 cm³/mol. The molecule has 0 spiro atoms. The Kier molecular flexibility index (Phi) is 10.0. The molecule has 1 saturated carbocycles. The molecule has 2 aromatic heterocycles. The molecule has 1 aliphatic rings. The summed E-state index contributed by atoms with van der Waals surface area (Å²) in [6.45, 7) is 0. The fourth-order valence-corrected chi connectivity index (χ4v) is 6.77. The predicted octanol–water partition coefficient (Wildman–Crippen LogP) is 6.99. The highest BCUT2D eigenvalue weighted by Crippen LogP contribution is 2.43. The lowest BCUT2D eigenvalue weighted by atomic mass is 9.82. The van der Waals surface area contributed by atoms with Crippen LogP contribution in [0.5, 0.6) is 11.5 Å². The number of benzene rings is 2. The molecule has 2 heterocycles. The second-order valence-corrected chi connectivity index (χ2v) is 12.2. The topological polar surface area (TPSA) is 128 Å². The first-order chi connectivity index (χ1) is 21.8. The molecule has 4 aromatic rings. The second kappa shape index (κ2) is 14.0. The molecule has 0 radical (unpaired) electrons. The molecular weight excluding hydrogens is 662 g/mol. The number of alkyl halides is 6. The minimum absolute atomic E-state index is 0.00473. The summed E-state index contributed by atoms with van der Waals surface area (Å²) in [6.07, 6.45) is -7.42. The van der Waals surface area contributed by atoms with Gasteiger partial charge in [0.05, 0.1) is 12.8 Å². The third-order valence-electron chi connectivity index (χ3n) is 6.85. The number of rotatable bonds is 10. The molecule has 2 amide bonds. The molecule has 2 aromatic carbocycles. The van der Waals surface area contributed by atoms with Crippen LogP contribution >= 0.6 is 22.7 Å². The van der Waals surface area contributed by atoms with Crippen molar-refractivity contribution in [3.8, 4) is 11.5 Å². The van der Waals surface area contributed by atoms with Gasteiger partial charge < -0.3 is 20.1 Å². The highest BCUT2D eigenvalue weighted by Gasteiger charge is 2.34. The van der Waals surface area contributed by atoms with Gasteiger partial charge in [-0.3, -0.25) is 9.59 Å². The molecular formula is C28H24F6N6O4S2. The SMILES string of the molecule is O=C(Cc1ccccc1OC(F)(F)F)Nc1nnc([C@@H]2CCC[C@@H](c3nnc(NC(=O)Cc4ccccc4OC(F)(F)F)s3)C2)s1. The summed E-state index contributed by atoms with van der Waals surface area (Å²) in [5.74, 6) is -2.09. The van der Waals surface area contributed by atoms with Gasteiger partial charge in [0, 0.05) is 23.0 Å². The van der Waals surface area contributed by atoms with Crippen molar-refractivity contribution in [3.05, 3.63) is 69.7 Å². The van der Waals surface area contributed by atoms with Crippen LogP contribution in [-0.4, -0.2) is 44.9 Å². The Hall–Kier alpha value is -4.32. The van der Waals surface area contributed by atoms with Crippen molar-refractivity contribution in [1.82, 2.24) is 20.4 Å². The summed E-state index contributed by atoms with van der Waals surface area (Å²) < 4.78 is 84.2. The molecule has 46 heavy (non-hydrogen) atoms. The summed E-state index contributed by atoms with van der Waals surface area (Å²) in [6, 6.07) is 10.7. The van der Waals surface area contributed by atoms with Gasteiger partial charge in [-0.1, -0.05) is 65.5 Å². The van der Waals surface area contributed by atoms with Gasteiger partial charge in [-0.25, -0.2) is 0 Å². The van der Waals surface area contributed by atoms with E-state index in [-0.39, 0.29) is 46.1 Å². The second-order valence-electron chi connectivity index (χ2n) is 10.2. The number of nitrogens with one attached hydrogen (secondary N) is 2. The average molecular weight is 687 g/mol. The number of halogens is 6. The Morgan fingerprint density at radius 2 is 1.11 bits per heavy atom. The number of anilines is 2. The molecule has 2 N–H and O–H groups in total. The van der Waals surface area contributed by atoms with Crippen LogP contribution in [0.15, 0.2) is 48.5 Å². The maximum absolute atomic E-state index is 12.7. The third-order valence-corrected chi connectivity index (χ3v) is 8.85. The number of hydrogen-bond acceptors (Lipinski definition) is 10. The standard InChI is InChI=1S/C28H24F6N6O4S2/c29-27(30,31)43-19-10-3-1-6-15(19)13-21(41)35-25-39-37-23(45-25)17-8-5-9-18(12-17)24-38-40-26(46-24)36-22(42)14-16-7-2-4-11-20(16)44-28(32,33)34/h1-4,6-7,10-11,17-18H,5,8-9,12-14H2,(H,35,39,41)(H,36,40,42)/t17-,18-/m1/s1. The highest BCUT2D eigenvalue weighted by atomic mass is 32.1. The van der Waals surface area contributed by atoms with E-state index in [1.165, 1.54) is 59.1 Å². The Bertz CT molecular complexity index is 1560. The fraction of sp³-hybridized carbons (Fsp3) is 0.357. The Balaban J connectivity index is 1.15. The van der Waals surface area contributed by atoms with Gasteiger partial charge in [-0.15, -0.1) is 46.7 Å². The summed E-state index contributed by atoms with van der Waals surface area (Å²) in [4.78, 5) is 25.1. The number of aromatic nitrogens is 4. The van der Waals surface area contributed by atoms with Crippen molar-refractivity contribution >= 4 is 44.8 Å². The minimum atomic E-state index is -4.90. The van der Waals surface area contributed by atoms with Crippen molar-refractivity contribution in [3.63, 3.8) is 0 Å². The summed E-state index contributed by atoms with van der Waals surface area (Å²) in [5.41, 5.74) is 0.121. The van der Waals surface area contributed by atoms with Gasteiger partial charge in [-0.2, -0.15) is 0 Å². The van der Waals surface area contributed by atoms with Crippen LogP contribution in [0.2, 0.25) is 0 Å². The van der Waals surface area contributed by atoms with E-state index in [1.807, 2.05) is 0 Å². The van der Waals surface area contributed by atoms with Gasteiger partial charge in [0.2, 0.25) is 22.1 Å². The van der Waals surface area contributed by atoms with E-state index >= 15 is 0 Å². The van der Waals surface area contributed by atoms with Gasteiger partial charge >= 0.3 is 12.7 Å². The number of ether oxygens (including phenoxy) is 2. The number of nitrogens with zero attached hydrogens (tertiary/aromatic N) is 4. The van der Waals surface area contributed by atoms with Crippen LogP contribution in [0.3, 0.4) is 0 Å². The molecule has 0 saturated heterocycles. The van der Waals surface area contributed by atoms with Crippen molar-refractivity contribution in [1.29, 1.82) is 0 Å². The summed E-state index contributed by atoms with van der Waals surface area (Å²) >= 11 is 2.35. The smallest absolute Gasteiger partial charge is 0.405 e. The van der Waals surface area contributed by atoms with E-state index in [2.05, 4.69) is 40.5 Å². The zero-order chi connectivity index (χ0) is 32.9. The lowest BCUT2D eigenvalue weighted by Gasteiger charge is -2.25. The quantitative estimate of drug-likeness (QED) is 0.171. The number of carbonyl (C=O) groups excluding carboxylic acids is 2. The first kappa shape index (κ1) is 33.1. The van der Waals surface area contributed by atoms with Crippen LogP contribution in [0.1, 0.15) is 58.7 Å². The summed E-state index contributed by atoms with van der Waals surface area (Å²) in [5, 5.41) is 23.4. The maximum atomic E-state index is 12.7. The monoisotopic (exact) mass is 686 g/mol. The zero-order valence-electron chi connectivity index (χ0n) is 23.5. The van der Waals surface area contributed by atoms with Crippen LogP contribution < -0.4 is 20.1 Å². The van der Waals surface area contributed by atoms with Crippen molar-refractivity contribution < 1.29 is 45.4 Å². The van der Waals surface area contributed by atoms with Gasteiger partial charge in [-0.05, 0) is 31.4 Å². The van der Waals surface area contributed by atoms with E-state index in [1.54, 1.807) is 0 Å². The Morgan fingerprint density at radius 1 is 0.696 bits per heavy atom. The van der Waals surface area contributed by atoms with Crippen molar-refractivity contribution in [2.24, 2.45) is 0 Å². The fourth-order valence-electron chi connectivity index (χ4n) is 4.96. The molecule has 1 fully saturated rings. The van der Waals surface area contributed by atoms with E-state index in [4.69, 9.17) is 0 Å². The number of amides is 2. The molecule has 0 bridgehead atoms. The van der Waals surface area contributed by atoms with E-state index in [0.717, 1.165) is 31.4 Å². The maximum Gasteiger partial charge on any atom is 0.573 e. The normalized spacial score (nSPS) is 16.9. The number of hydrogen-bond donors (Lipinski definition) is 2. The largest absolute Gasteiger partial charge is 0.573 e. The van der Waals surface area contributed by atoms with Crippen LogP contribution in [0.25, 0.3) is 0 Å². The molecule has 10 nitrogen and oxygen atoms in total. The Labute approximate surface area is 265 Å². The molecule has 0 unspecified atom stereocenters. The molecule has 244 valence electrons. The average Bonchev–Trinajstić information content (AvgIpc) is 3.64.